The first-order chi connectivity index (χ1) is 10.5. The standard InChI is InChI=1S/C16H13ClN2O2S/c1-11-5-7-13(8-6-11)22(20,21)19-16-4-2-3-15-14(16)9-12(17)10-18-15/h2-10,19H,1H3. The second kappa shape index (κ2) is 5.59. The van der Waals surface area contributed by atoms with Gasteiger partial charge in [-0.2, -0.15) is 0 Å². The molecule has 1 aromatic heterocycles. The van der Waals surface area contributed by atoms with Gasteiger partial charge in [0.15, 0.2) is 0 Å². The highest BCUT2D eigenvalue weighted by Crippen LogP contribution is 2.26. The van der Waals surface area contributed by atoms with E-state index in [1.54, 1.807) is 48.5 Å². The van der Waals surface area contributed by atoms with Crippen LogP contribution in [0.5, 0.6) is 0 Å². The molecule has 0 spiro atoms. The Morgan fingerprint density at radius 1 is 1.09 bits per heavy atom. The van der Waals surface area contributed by atoms with Crippen molar-refractivity contribution in [2.24, 2.45) is 0 Å². The molecule has 1 heterocycles. The molecule has 22 heavy (non-hydrogen) atoms. The largest absolute Gasteiger partial charge is 0.279 e. The molecule has 0 aliphatic heterocycles. The first-order valence-corrected chi connectivity index (χ1v) is 8.45. The number of nitrogens with one attached hydrogen (secondary N) is 1. The Morgan fingerprint density at radius 3 is 2.55 bits per heavy atom. The van der Waals surface area contributed by atoms with Gasteiger partial charge in [0.2, 0.25) is 0 Å². The van der Waals surface area contributed by atoms with E-state index in [1.807, 2.05) is 6.92 Å². The molecule has 0 saturated carbocycles. The van der Waals surface area contributed by atoms with Crippen molar-refractivity contribution in [3.63, 3.8) is 0 Å². The Morgan fingerprint density at radius 2 is 1.82 bits per heavy atom. The van der Waals surface area contributed by atoms with Crippen molar-refractivity contribution in [2.75, 3.05) is 4.72 Å². The van der Waals surface area contributed by atoms with E-state index in [2.05, 4.69) is 9.71 Å². The topological polar surface area (TPSA) is 59.1 Å². The molecule has 0 amide bonds. The quantitative estimate of drug-likeness (QED) is 0.788. The molecule has 6 heteroatoms. The number of benzene rings is 2. The van der Waals surface area contributed by atoms with Crippen molar-refractivity contribution in [2.45, 2.75) is 11.8 Å². The van der Waals surface area contributed by atoms with Gasteiger partial charge in [0.25, 0.3) is 10.0 Å². The summed E-state index contributed by atoms with van der Waals surface area (Å²) in [6.45, 7) is 1.90. The molecule has 0 radical (unpaired) electrons. The minimum atomic E-state index is -3.66. The van der Waals surface area contributed by atoms with Crippen LogP contribution in [-0.2, 0) is 10.0 Å². The Bertz CT molecular complexity index is 938. The van der Waals surface area contributed by atoms with Crippen LogP contribution in [0.3, 0.4) is 0 Å². The number of halogens is 1. The number of sulfonamides is 1. The fourth-order valence-corrected chi connectivity index (χ4v) is 3.37. The Hall–Kier alpha value is -2.11. The molecule has 112 valence electrons. The van der Waals surface area contributed by atoms with Crippen LogP contribution < -0.4 is 4.72 Å². The van der Waals surface area contributed by atoms with E-state index in [0.29, 0.717) is 21.6 Å². The smallest absolute Gasteiger partial charge is 0.261 e. The zero-order valence-electron chi connectivity index (χ0n) is 11.7. The number of rotatable bonds is 3. The van der Waals surface area contributed by atoms with Gasteiger partial charge < -0.3 is 0 Å². The van der Waals surface area contributed by atoms with E-state index < -0.39 is 10.0 Å². The van der Waals surface area contributed by atoms with E-state index in [1.165, 1.54) is 6.20 Å². The third-order valence-corrected chi connectivity index (χ3v) is 4.86. The molecule has 0 saturated heterocycles. The van der Waals surface area contributed by atoms with E-state index in [0.717, 1.165) is 5.56 Å². The fourth-order valence-electron chi connectivity index (χ4n) is 2.13. The second-order valence-electron chi connectivity index (χ2n) is 4.94. The molecule has 0 atom stereocenters. The van der Waals surface area contributed by atoms with Crippen LogP contribution in [0.15, 0.2) is 59.6 Å². The number of nitrogens with zero attached hydrogens (tertiary/aromatic N) is 1. The van der Waals surface area contributed by atoms with Gasteiger partial charge in [-0.1, -0.05) is 35.4 Å². The number of hydrogen-bond donors (Lipinski definition) is 1. The molecule has 3 aromatic rings. The number of aryl methyl sites for hydroxylation is 1. The van der Waals surface area contributed by atoms with Crippen LogP contribution in [0.2, 0.25) is 5.02 Å². The summed E-state index contributed by atoms with van der Waals surface area (Å²) in [6, 6.07) is 13.6. The monoisotopic (exact) mass is 332 g/mol. The van der Waals surface area contributed by atoms with Crippen LogP contribution in [0.4, 0.5) is 5.69 Å². The highest BCUT2D eigenvalue weighted by molar-refractivity contribution is 7.92. The van der Waals surface area contributed by atoms with Gasteiger partial charge in [-0.3, -0.25) is 9.71 Å². The molecule has 2 aromatic carbocycles. The van der Waals surface area contributed by atoms with Crippen molar-refractivity contribution < 1.29 is 8.42 Å². The summed E-state index contributed by atoms with van der Waals surface area (Å²) in [5.41, 5.74) is 2.13. The number of fused-ring (bicyclic) bond motifs is 1. The zero-order chi connectivity index (χ0) is 15.7. The van der Waals surface area contributed by atoms with Gasteiger partial charge in [0, 0.05) is 11.6 Å². The Labute approximate surface area is 133 Å². The minimum absolute atomic E-state index is 0.213. The maximum atomic E-state index is 12.5. The lowest BCUT2D eigenvalue weighted by atomic mass is 10.2. The highest BCUT2D eigenvalue weighted by atomic mass is 35.5. The van der Waals surface area contributed by atoms with Gasteiger partial charge in [-0.15, -0.1) is 0 Å². The Balaban J connectivity index is 2.06. The average Bonchev–Trinajstić information content (AvgIpc) is 2.48. The molecule has 0 fully saturated rings. The molecule has 4 nitrogen and oxygen atoms in total. The summed E-state index contributed by atoms with van der Waals surface area (Å²) in [5.74, 6) is 0. The molecule has 3 rings (SSSR count). The molecular weight excluding hydrogens is 320 g/mol. The second-order valence-corrected chi connectivity index (χ2v) is 7.06. The minimum Gasteiger partial charge on any atom is -0.279 e. The van der Waals surface area contributed by atoms with Gasteiger partial charge in [0.05, 0.1) is 21.1 Å². The molecule has 0 unspecified atom stereocenters. The van der Waals surface area contributed by atoms with Crippen LogP contribution in [-0.4, -0.2) is 13.4 Å². The highest BCUT2D eigenvalue weighted by Gasteiger charge is 2.15. The fraction of sp³-hybridized carbons (Fsp3) is 0.0625. The van der Waals surface area contributed by atoms with Crippen molar-refractivity contribution in [1.82, 2.24) is 4.98 Å². The van der Waals surface area contributed by atoms with Crippen molar-refractivity contribution >= 4 is 38.2 Å². The molecule has 1 N–H and O–H groups in total. The number of aromatic nitrogens is 1. The van der Waals surface area contributed by atoms with Crippen LogP contribution >= 0.6 is 11.6 Å². The number of pyridine rings is 1. The predicted molar refractivity (Wildman–Crippen MR) is 88.7 cm³/mol. The number of hydrogen-bond acceptors (Lipinski definition) is 3. The lowest BCUT2D eigenvalue weighted by molar-refractivity contribution is 0.601. The van der Waals surface area contributed by atoms with Crippen LogP contribution in [0.1, 0.15) is 5.56 Å². The first-order valence-electron chi connectivity index (χ1n) is 6.59. The van der Waals surface area contributed by atoms with Crippen LogP contribution in [0.25, 0.3) is 10.9 Å². The maximum Gasteiger partial charge on any atom is 0.261 e. The van der Waals surface area contributed by atoms with Crippen molar-refractivity contribution in [1.29, 1.82) is 0 Å². The zero-order valence-corrected chi connectivity index (χ0v) is 13.3. The Kier molecular flexibility index (Phi) is 3.76. The van der Waals surface area contributed by atoms with Gasteiger partial charge >= 0.3 is 0 Å². The third-order valence-electron chi connectivity index (χ3n) is 3.27. The molecule has 0 aliphatic carbocycles. The first kappa shape index (κ1) is 14.8. The summed E-state index contributed by atoms with van der Waals surface area (Å²) in [5, 5.41) is 1.11. The van der Waals surface area contributed by atoms with Gasteiger partial charge in [-0.25, -0.2) is 8.42 Å². The van der Waals surface area contributed by atoms with Crippen molar-refractivity contribution in [3.05, 3.63) is 65.3 Å². The predicted octanol–water partition coefficient (Wildman–Crippen LogP) is 4.00. The molecular formula is C16H13ClN2O2S. The molecule has 0 aliphatic rings. The SMILES string of the molecule is Cc1ccc(S(=O)(=O)Nc2cccc3ncc(Cl)cc23)cc1. The summed E-state index contributed by atoms with van der Waals surface area (Å²) in [4.78, 5) is 4.40. The average molecular weight is 333 g/mol. The summed E-state index contributed by atoms with van der Waals surface area (Å²) >= 11 is 5.96. The maximum absolute atomic E-state index is 12.5. The van der Waals surface area contributed by atoms with E-state index in [4.69, 9.17) is 11.6 Å². The summed E-state index contributed by atoms with van der Waals surface area (Å²) in [7, 11) is -3.66. The third kappa shape index (κ3) is 2.91. The van der Waals surface area contributed by atoms with E-state index in [-0.39, 0.29) is 4.90 Å². The van der Waals surface area contributed by atoms with Crippen molar-refractivity contribution in [3.8, 4) is 0 Å². The molecule has 0 bridgehead atoms. The van der Waals surface area contributed by atoms with Gasteiger partial charge in [-0.05, 0) is 37.3 Å². The van der Waals surface area contributed by atoms with E-state index >= 15 is 0 Å². The summed E-state index contributed by atoms with van der Waals surface area (Å²) < 4.78 is 27.6. The van der Waals surface area contributed by atoms with E-state index in [9.17, 15) is 8.42 Å². The van der Waals surface area contributed by atoms with Gasteiger partial charge in [0.1, 0.15) is 0 Å². The lowest BCUT2D eigenvalue weighted by Gasteiger charge is -2.11. The normalized spacial score (nSPS) is 11.5. The van der Waals surface area contributed by atoms with Crippen LogP contribution in [0, 0.1) is 6.92 Å². The summed E-state index contributed by atoms with van der Waals surface area (Å²) in [6.07, 6.45) is 1.53. The lowest BCUT2D eigenvalue weighted by Crippen LogP contribution is -2.13. The number of anilines is 1.